The summed E-state index contributed by atoms with van der Waals surface area (Å²) in [5, 5.41) is 4.97. The van der Waals surface area contributed by atoms with Gasteiger partial charge in [-0.05, 0) is 26.3 Å². The highest BCUT2D eigenvalue weighted by atomic mass is 16.7. The van der Waals surface area contributed by atoms with Gasteiger partial charge >= 0.3 is 12.1 Å². The Kier molecular flexibility index (Phi) is 10.1. The molecule has 0 saturated carbocycles. The molecule has 0 aliphatic carbocycles. The SMILES string of the molecule is COC(CNC(=O)C[C@@H](NC(=O)OCc1ccccc1)C(=O)OC(C)(C)C)OC. The van der Waals surface area contributed by atoms with E-state index in [4.69, 9.17) is 18.9 Å². The predicted molar refractivity (Wildman–Crippen MR) is 105 cm³/mol. The van der Waals surface area contributed by atoms with Gasteiger partial charge in [0.25, 0.3) is 0 Å². The van der Waals surface area contributed by atoms with E-state index < -0.39 is 35.9 Å². The minimum atomic E-state index is -1.21. The van der Waals surface area contributed by atoms with Gasteiger partial charge in [0.1, 0.15) is 18.2 Å². The van der Waals surface area contributed by atoms with Crippen LogP contribution in [0.5, 0.6) is 0 Å². The number of carbonyl (C=O) groups excluding carboxylic acids is 3. The molecule has 29 heavy (non-hydrogen) atoms. The summed E-state index contributed by atoms with van der Waals surface area (Å²) in [5.74, 6) is -1.22. The fraction of sp³-hybridized carbons (Fsp3) is 0.550. The van der Waals surface area contributed by atoms with E-state index in [0.29, 0.717) is 0 Å². The summed E-state index contributed by atoms with van der Waals surface area (Å²) in [6, 6.07) is 7.87. The minimum Gasteiger partial charge on any atom is -0.458 e. The Hall–Kier alpha value is -2.65. The number of carbonyl (C=O) groups is 3. The Morgan fingerprint density at radius 1 is 1.03 bits per heavy atom. The van der Waals surface area contributed by atoms with E-state index in [-0.39, 0.29) is 19.6 Å². The molecule has 0 radical (unpaired) electrons. The minimum absolute atomic E-state index is 0.0310. The molecule has 0 aromatic heterocycles. The maximum Gasteiger partial charge on any atom is 0.408 e. The third-order valence-corrected chi connectivity index (χ3v) is 3.58. The van der Waals surface area contributed by atoms with Crippen LogP contribution in [-0.4, -0.2) is 56.7 Å². The molecule has 0 saturated heterocycles. The molecule has 162 valence electrons. The average molecular weight is 410 g/mol. The van der Waals surface area contributed by atoms with Crippen molar-refractivity contribution in [1.29, 1.82) is 0 Å². The lowest BCUT2D eigenvalue weighted by molar-refractivity contribution is -0.158. The van der Waals surface area contributed by atoms with Crippen molar-refractivity contribution < 1.29 is 33.3 Å². The quantitative estimate of drug-likeness (QED) is 0.446. The number of nitrogens with one attached hydrogen (secondary N) is 2. The van der Waals surface area contributed by atoms with Gasteiger partial charge in [-0.15, -0.1) is 0 Å². The molecule has 1 atom stereocenters. The van der Waals surface area contributed by atoms with Crippen molar-refractivity contribution in [3.05, 3.63) is 35.9 Å². The number of methoxy groups -OCH3 is 2. The molecule has 0 aliphatic heterocycles. The number of ether oxygens (including phenoxy) is 4. The van der Waals surface area contributed by atoms with E-state index in [1.54, 1.807) is 32.9 Å². The highest BCUT2D eigenvalue weighted by Crippen LogP contribution is 2.10. The van der Waals surface area contributed by atoms with E-state index in [1.807, 2.05) is 18.2 Å². The van der Waals surface area contributed by atoms with Gasteiger partial charge in [0.15, 0.2) is 6.29 Å². The number of hydrogen-bond donors (Lipinski definition) is 2. The van der Waals surface area contributed by atoms with Gasteiger partial charge in [0, 0.05) is 14.2 Å². The molecule has 0 bridgehead atoms. The lowest BCUT2D eigenvalue weighted by Gasteiger charge is -2.24. The summed E-state index contributed by atoms with van der Waals surface area (Å²) in [6.07, 6.45) is -1.78. The normalized spacial score (nSPS) is 12.2. The summed E-state index contributed by atoms with van der Waals surface area (Å²) in [5.41, 5.74) is 0.0120. The van der Waals surface area contributed by atoms with Crippen molar-refractivity contribution in [3.63, 3.8) is 0 Å². The number of hydrogen-bond acceptors (Lipinski definition) is 7. The second-order valence-electron chi connectivity index (χ2n) is 7.20. The molecular weight excluding hydrogens is 380 g/mol. The largest absolute Gasteiger partial charge is 0.458 e. The van der Waals surface area contributed by atoms with Gasteiger partial charge < -0.3 is 29.6 Å². The summed E-state index contributed by atoms with van der Waals surface area (Å²) >= 11 is 0. The Morgan fingerprint density at radius 3 is 2.21 bits per heavy atom. The second kappa shape index (κ2) is 12.0. The molecule has 2 N–H and O–H groups in total. The summed E-state index contributed by atoms with van der Waals surface area (Å²) in [4.78, 5) is 36.8. The lowest BCUT2D eigenvalue weighted by Crippen LogP contribution is -2.47. The third kappa shape index (κ3) is 10.5. The van der Waals surface area contributed by atoms with Crippen LogP contribution in [0.15, 0.2) is 30.3 Å². The first-order valence-corrected chi connectivity index (χ1v) is 9.17. The Bertz CT molecular complexity index is 655. The van der Waals surface area contributed by atoms with Gasteiger partial charge in [-0.1, -0.05) is 30.3 Å². The molecular formula is C20H30N2O7. The summed E-state index contributed by atoms with van der Waals surface area (Å²) in [7, 11) is 2.88. The number of benzene rings is 1. The number of amides is 2. The standard InChI is InChI=1S/C20H30N2O7/c1-20(2,3)29-18(24)15(11-16(23)21-12-17(26-4)27-5)22-19(25)28-13-14-9-7-6-8-10-14/h6-10,15,17H,11-13H2,1-5H3,(H,21,23)(H,22,25)/t15-/m1/s1. The van der Waals surface area contributed by atoms with Crippen LogP contribution in [-0.2, 0) is 35.1 Å². The van der Waals surface area contributed by atoms with Crippen LogP contribution in [0.2, 0.25) is 0 Å². The van der Waals surface area contributed by atoms with Gasteiger partial charge in [-0.3, -0.25) is 4.79 Å². The molecule has 0 unspecified atom stereocenters. The van der Waals surface area contributed by atoms with Crippen molar-refractivity contribution in [1.82, 2.24) is 10.6 Å². The van der Waals surface area contributed by atoms with Crippen LogP contribution in [0.4, 0.5) is 4.79 Å². The molecule has 0 heterocycles. The molecule has 1 aromatic rings. The molecule has 2 amide bonds. The summed E-state index contributed by atoms with van der Waals surface area (Å²) in [6.45, 7) is 5.20. The molecule has 0 spiro atoms. The van der Waals surface area contributed by atoms with Gasteiger partial charge in [-0.2, -0.15) is 0 Å². The van der Waals surface area contributed by atoms with E-state index in [2.05, 4.69) is 10.6 Å². The maximum absolute atomic E-state index is 12.4. The van der Waals surface area contributed by atoms with Crippen molar-refractivity contribution in [3.8, 4) is 0 Å². The highest BCUT2D eigenvalue weighted by molar-refractivity contribution is 5.88. The van der Waals surface area contributed by atoms with E-state index >= 15 is 0 Å². The van der Waals surface area contributed by atoms with E-state index in [9.17, 15) is 14.4 Å². The van der Waals surface area contributed by atoms with Crippen LogP contribution < -0.4 is 10.6 Å². The van der Waals surface area contributed by atoms with Gasteiger partial charge in [0.05, 0.1) is 13.0 Å². The molecule has 1 rings (SSSR count). The van der Waals surface area contributed by atoms with Crippen molar-refractivity contribution >= 4 is 18.0 Å². The van der Waals surface area contributed by atoms with Crippen LogP contribution >= 0.6 is 0 Å². The van der Waals surface area contributed by atoms with E-state index in [0.717, 1.165) is 5.56 Å². The first-order valence-electron chi connectivity index (χ1n) is 9.17. The fourth-order valence-corrected chi connectivity index (χ4v) is 2.19. The monoisotopic (exact) mass is 410 g/mol. The summed E-state index contributed by atoms with van der Waals surface area (Å²) < 4.78 is 20.4. The Morgan fingerprint density at radius 2 is 1.66 bits per heavy atom. The third-order valence-electron chi connectivity index (χ3n) is 3.58. The number of rotatable bonds is 10. The number of esters is 1. The second-order valence-corrected chi connectivity index (χ2v) is 7.20. The molecule has 0 aliphatic rings. The number of alkyl carbamates (subject to hydrolysis) is 1. The lowest BCUT2D eigenvalue weighted by atomic mass is 10.1. The zero-order valence-electron chi connectivity index (χ0n) is 17.5. The zero-order valence-corrected chi connectivity index (χ0v) is 17.5. The van der Waals surface area contributed by atoms with Crippen molar-refractivity contribution in [2.75, 3.05) is 20.8 Å². The predicted octanol–water partition coefficient (Wildman–Crippen LogP) is 1.75. The topological polar surface area (TPSA) is 112 Å². The van der Waals surface area contributed by atoms with Crippen LogP contribution in [0.25, 0.3) is 0 Å². The molecule has 1 aromatic carbocycles. The zero-order chi connectivity index (χ0) is 21.9. The molecule has 0 fully saturated rings. The average Bonchev–Trinajstić information content (AvgIpc) is 2.66. The smallest absolute Gasteiger partial charge is 0.408 e. The van der Waals surface area contributed by atoms with Crippen molar-refractivity contribution in [2.24, 2.45) is 0 Å². The first-order chi connectivity index (χ1) is 13.6. The molecule has 9 heteroatoms. The van der Waals surface area contributed by atoms with Crippen LogP contribution in [0.1, 0.15) is 32.8 Å². The van der Waals surface area contributed by atoms with Crippen LogP contribution in [0, 0.1) is 0 Å². The maximum atomic E-state index is 12.4. The Balaban J connectivity index is 2.68. The van der Waals surface area contributed by atoms with Gasteiger partial charge in [0.2, 0.25) is 5.91 Å². The fourth-order valence-electron chi connectivity index (χ4n) is 2.19. The first kappa shape index (κ1) is 24.4. The van der Waals surface area contributed by atoms with Crippen molar-refractivity contribution in [2.45, 2.75) is 51.7 Å². The van der Waals surface area contributed by atoms with Gasteiger partial charge in [-0.25, -0.2) is 9.59 Å². The molecule has 9 nitrogen and oxygen atoms in total. The Labute approximate surface area is 171 Å². The van der Waals surface area contributed by atoms with Crippen LogP contribution in [0.3, 0.4) is 0 Å². The van der Waals surface area contributed by atoms with E-state index in [1.165, 1.54) is 14.2 Å². The highest BCUT2D eigenvalue weighted by Gasteiger charge is 2.29.